The molecule has 0 aliphatic carbocycles. The SMILES string of the molecule is CCCC/C=C\C/C=C\CCCCCCCC(=O)OCCCCCCCCCCCCCCCCCCCC(=O)NC(CO)C(O)CCCCCCCCCCCCCCCCCCCCCCCCC. The zero-order valence-electron chi connectivity index (χ0n) is 48.0. The highest BCUT2D eigenvalue weighted by Gasteiger charge is 2.20. The van der Waals surface area contributed by atoms with Crippen LogP contribution in [0.25, 0.3) is 0 Å². The van der Waals surface area contributed by atoms with Crippen molar-refractivity contribution in [2.75, 3.05) is 13.2 Å². The molecule has 3 N–H and O–H groups in total. The van der Waals surface area contributed by atoms with Gasteiger partial charge in [-0.05, 0) is 51.4 Å². The van der Waals surface area contributed by atoms with Gasteiger partial charge < -0.3 is 20.3 Å². The van der Waals surface area contributed by atoms with Crippen LogP contribution in [0, 0.1) is 0 Å². The fourth-order valence-corrected chi connectivity index (χ4v) is 10.1. The molecule has 0 aromatic rings. The third kappa shape index (κ3) is 57.5. The van der Waals surface area contributed by atoms with Crippen LogP contribution in [-0.4, -0.2) is 47.4 Å². The molecule has 2 unspecified atom stereocenters. The number of carbonyl (C=O) groups is 2. The summed E-state index contributed by atoms with van der Waals surface area (Å²) in [7, 11) is 0. The van der Waals surface area contributed by atoms with E-state index in [0.717, 1.165) is 51.4 Å². The largest absolute Gasteiger partial charge is 0.466 e. The van der Waals surface area contributed by atoms with Crippen molar-refractivity contribution in [1.29, 1.82) is 0 Å². The molecule has 0 bridgehead atoms. The Balaban J connectivity index is 3.42. The van der Waals surface area contributed by atoms with Crippen molar-refractivity contribution >= 4 is 11.9 Å². The summed E-state index contributed by atoms with van der Waals surface area (Å²) in [6.07, 6.45) is 74.7. The zero-order valence-corrected chi connectivity index (χ0v) is 48.0. The Morgan fingerprint density at radius 1 is 0.394 bits per heavy atom. The summed E-state index contributed by atoms with van der Waals surface area (Å²) in [6, 6.07) is -0.547. The molecule has 0 aromatic heterocycles. The molecule has 2 atom stereocenters. The number of aliphatic hydroxyl groups excluding tert-OH is 2. The van der Waals surface area contributed by atoms with Crippen molar-refractivity contribution in [3.8, 4) is 0 Å². The Morgan fingerprint density at radius 3 is 1.11 bits per heavy atom. The predicted molar refractivity (Wildman–Crippen MR) is 310 cm³/mol. The topological polar surface area (TPSA) is 95.9 Å². The molecule has 0 saturated carbocycles. The van der Waals surface area contributed by atoms with E-state index in [-0.39, 0.29) is 18.5 Å². The van der Waals surface area contributed by atoms with Crippen LogP contribution in [0.2, 0.25) is 0 Å². The van der Waals surface area contributed by atoms with Crippen molar-refractivity contribution in [2.24, 2.45) is 0 Å². The minimum Gasteiger partial charge on any atom is -0.466 e. The molecule has 420 valence electrons. The summed E-state index contributed by atoms with van der Waals surface area (Å²) < 4.78 is 5.47. The first kappa shape index (κ1) is 69.3. The molecule has 71 heavy (non-hydrogen) atoms. The molecule has 6 nitrogen and oxygen atoms in total. The van der Waals surface area contributed by atoms with Crippen LogP contribution >= 0.6 is 0 Å². The molecule has 0 heterocycles. The highest BCUT2D eigenvalue weighted by atomic mass is 16.5. The number of nitrogens with one attached hydrogen (secondary N) is 1. The number of rotatable bonds is 60. The van der Waals surface area contributed by atoms with Crippen LogP contribution in [0.5, 0.6) is 0 Å². The Labute approximate surface area is 443 Å². The van der Waals surface area contributed by atoms with Crippen molar-refractivity contribution in [3.05, 3.63) is 24.3 Å². The third-order valence-corrected chi connectivity index (χ3v) is 15.0. The maximum atomic E-state index is 12.5. The predicted octanol–water partition coefficient (Wildman–Crippen LogP) is 20.2. The maximum absolute atomic E-state index is 12.5. The lowest BCUT2D eigenvalue weighted by Gasteiger charge is -2.22. The van der Waals surface area contributed by atoms with Crippen LogP contribution in [0.1, 0.15) is 354 Å². The van der Waals surface area contributed by atoms with Gasteiger partial charge in [-0.15, -0.1) is 0 Å². The summed E-state index contributed by atoms with van der Waals surface area (Å²) in [5, 5.41) is 23.4. The van der Waals surface area contributed by atoms with E-state index in [2.05, 4.69) is 43.5 Å². The first-order valence-corrected chi connectivity index (χ1v) is 32.1. The summed E-state index contributed by atoms with van der Waals surface area (Å²) >= 11 is 0. The molecule has 0 aliphatic rings. The van der Waals surface area contributed by atoms with E-state index in [1.165, 1.54) is 270 Å². The van der Waals surface area contributed by atoms with Gasteiger partial charge in [-0.3, -0.25) is 9.59 Å². The van der Waals surface area contributed by atoms with Gasteiger partial charge in [0, 0.05) is 12.8 Å². The Morgan fingerprint density at radius 2 is 0.718 bits per heavy atom. The van der Waals surface area contributed by atoms with E-state index in [1.807, 2.05) is 0 Å². The number of amides is 1. The van der Waals surface area contributed by atoms with Crippen molar-refractivity contribution in [2.45, 2.75) is 366 Å². The second kappa shape index (κ2) is 60.9. The first-order chi connectivity index (χ1) is 35.0. The highest BCUT2D eigenvalue weighted by molar-refractivity contribution is 5.76. The number of esters is 1. The lowest BCUT2D eigenvalue weighted by molar-refractivity contribution is -0.143. The molecule has 0 aliphatic heterocycles. The van der Waals surface area contributed by atoms with Crippen LogP contribution in [0.3, 0.4) is 0 Å². The first-order valence-electron chi connectivity index (χ1n) is 32.1. The third-order valence-electron chi connectivity index (χ3n) is 15.0. The quantitative estimate of drug-likeness (QED) is 0.0320. The smallest absolute Gasteiger partial charge is 0.305 e. The van der Waals surface area contributed by atoms with Crippen LogP contribution < -0.4 is 5.32 Å². The molecule has 0 fully saturated rings. The van der Waals surface area contributed by atoms with Crippen LogP contribution in [-0.2, 0) is 14.3 Å². The van der Waals surface area contributed by atoms with E-state index in [4.69, 9.17) is 4.74 Å². The van der Waals surface area contributed by atoms with Crippen molar-refractivity contribution in [3.63, 3.8) is 0 Å². The van der Waals surface area contributed by atoms with Gasteiger partial charge in [0.2, 0.25) is 5.91 Å². The van der Waals surface area contributed by atoms with E-state index in [1.54, 1.807) is 0 Å². The molecule has 0 aromatic carbocycles. The van der Waals surface area contributed by atoms with E-state index >= 15 is 0 Å². The van der Waals surface area contributed by atoms with Gasteiger partial charge in [0.15, 0.2) is 0 Å². The van der Waals surface area contributed by atoms with Gasteiger partial charge in [-0.25, -0.2) is 0 Å². The number of unbranched alkanes of at least 4 members (excludes halogenated alkanes) is 45. The van der Waals surface area contributed by atoms with E-state index < -0.39 is 12.1 Å². The number of hydrogen-bond donors (Lipinski definition) is 3. The normalized spacial score (nSPS) is 12.7. The number of ether oxygens (including phenoxy) is 1. The molecular weight excluding hydrogens is 875 g/mol. The number of hydrogen-bond acceptors (Lipinski definition) is 5. The lowest BCUT2D eigenvalue weighted by Crippen LogP contribution is -2.45. The molecule has 6 heteroatoms. The van der Waals surface area contributed by atoms with Crippen LogP contribution in [0.15, 0.2) is 24.3 Å². The van der Waals surface area contributed by atoms with Crippen molar-refractivity contribution < 1.29 is 24.5 Å². The lowest BCUT2D eigenvalue weighted by atomic mass is 10.0. The van der Waals surface area contributed by atoms with Gasteiger partial charge >= 0.3 is 5.97 Å². The minimum atomic E-state index is -0.670. The maximum Gasteiger partial charge on any atom is 0.305 e. The monoisotopic (exact) mass is 1000 g/mol. The summed E-state index contributed by atoms with van der Waals surface area (Å²) in [4.78, 5) is 24.6. The average molecular weight is 1000 g/mol. The summed E-state index contributed by atoms with van der Waals surface area (Å²) in [5.41, 5.74) is 0. The molecule has 0 saturated heterocycles. The second-order valence-corrected chi connectivity index (χ2v) is 22.1. The Hall–Kier alpha value is -1.66. The second-order valence-electron chi connectivity index (χ2n) is 22.1. The number of carbonyl (C=O) groups excluding carboxylic acids is 2. The highest BCUT2D eigenvalue weighted by Crippen LogP contribution is 2.18. The molecule has 1 amide bonds. The Bertz CT molecular complexity index is 1110. The molecule has 0 rings (SSSR count). The number of aliphatic hydroxyl groups is 2. The Kier molecular flexibility index (Phi) is 59.5. The minimum absolute atomic E-state index is 0.00836. The molecule has 0 spiro atoms. The van der Waals surface area contributed by atoms with E-state index in [0.29, 0.717) is 25.9 Å². The van der Waals surface area contributed by atoms with Crippen LogP contribution in [0.4, 0.5) is 0 Å². The van der Waals surface area contributed by atoms with Gasteiger partial charge in [0.25, 0.3) is 0 Å². The molecular formula is C65H125NO5. The summed E-state index contributed by atoms with van der Waals surface area (Å²) in [5.74, 6) is -0.0452. The fourth-order valence-electron chi connectivity index (χ4n) is 10.1. The van der Waals surface area contributed by atoms with Gasteiger partial charge in [0.05, 0.1) is 25.4 Å². The standard InChI is InChI=1S/C65H125NO5/c1-3-5-7-9-11-13-15-17-19-20-21-22-23-24-25-27-30-33-37-41-45-49-53-57-63(68)62(61-67)66-64(69)58-54-50-46-42-38-34-31-28-26-29-32-36-40-44-48-52-56-60-71-65(70)59-55-51-47-43-39-35-18-16-14-12-10-8-6-4-2/h10,12,16,18,62-63,67-68H,3-9,11,13-15,17,19-61H2,1-2H3,(H,66,69)/b12-10-,18-16-. The fraction of sp³-hybridized carbons (Fsp3) is 0.908. The average Bonchev–Trinajstić information content (AvgIpc) is 3.37. The van der Waals surface area contributed by atoms with E-state index in [9.17, 15) is 19.8 Å². The zero-order chi connectivity index (χ0) is 51.4. The number of allylic oxidation sites excluding steroid dienone is 4. The van der Waals surface area contributed by atoms with Crippen molar-refractivity contribution in [1.82, 2.24) is 5.32 Å². The van der Waals surface area contributed by atoms with Gasteiger partial charge in [-0.2, -0.15) is 0 Å². The molecule has 0 radical (unpaired) electrons. The van der Waals surface area contributed by atoms with Gasteiger partial charge in [-0.1, -0.05) is 314 Å². The summed E-state index contributed by atoms with van der Waals surface area (Å²) in [6.45, 7) is 4.92. The van der Waals surface area contributed by atoms with Gasteiger partial charge in [0.1, 0.15) is 0 Å².